The van der Waals surface area contributed by atoms with Gasteiger partial charge in [-0.25, -0.2) is 27.8 Å². The Hall–Kier alpha value is -3.51. The molecule has 0 saturated heterocycles. The summed E-state index contributed by atoms with van der Waals surface area (Å²) in [6, 6.07) is 8.53. The Morgan fingerprint density at radius 2 is 1.93 bits per heavy atom. The van der Waals surface area contributed by atoms with Crippen molar-refractivity contribution in [3.63, 3.8) is 0 Å². The van der Waals surface area contributed by atoms with Crippen molar-refractivity contribution in [3.8, 4) is 22.8 Å². The minimum Gasteiger partial charge on any atom is -0.493 e. The van der Waals surface area contributed by atoms with Crippen LogP contribution in [0.3, 0.4) is 0 Å². The number of nitrogen functional groups attached to an aromatic ring is 1. The molecule has 3 rings (SSSR count). The van der Waals surface area contributed by atoms with Crippen LogP contribution in [0, 0.1) is 11.6 Å². The number of ether oxygens (including phenoxy) is 3. The topological polar surface area (TPSA) is 126 Å². The van der Waals surface area contributed by atoms with E-state index in [-0.39, 0.29) is 40.8 Å². The van der Waals surface area contributed by atoms with E-state index in [1.165, 1.54) is 12.3 Å². The molecular weight excluding hydrogens is 566 g/mol. The maximum absolute atomic E-state index is 14.3. The first-order valence-corrected chi connectivity index (χ1v) is 14.7. The number of hydrogen-bond acceptors (Lipinski definition) is 8. The highest BCUT2D eigenvalue weighted by Gasteiger charge is 2.19. The van der Waals surface area contributed by atoms with Gasteiger partial charge in [0.2, 0.25) is 5.28 Å². The first kappa shape index (κ1) is 31.0. The van der Waals surface area contributed by atoms with Crippen molar-refractivity contribution < 1.29 is 32.0 Å². The Kier molecular flexibility index (Phi) is 9.91. The lowest BCUT2D eigenvalue weighted by atomic mass is 10.1. The third-order valence-electron chi connectivity index (χ3n) is 5.12. The highest BCUT2D eigenvalue weighted by Crippen LogP contribution is 2.32. The second-order valence-electron chi connectivity index (χ2n) is 10.1. The highest BCUT2D eigenvalue weighted by molar-refractivity contribution is 7.92. The van der Waals surface area contributed by atoms with Crippen molar-refractivity contribution in [2.24, 2.45) is 4.36 Å². The van der Waals surface area contributed by atoms with Crippen LogP contribution in [0.1, 0.15) is 39.7 Å². The molecule has 0 spiro atoms. The van der Waals surface area contributed by atoms with Gasteiger partial charge in [0.25, 0.3) is 0 Å². The molecule has 1 heterocycles. The molecule has 0 fully saturated rings. The van der Waals surface area contributed by atoms with Gasteiger partial charge < -0.3 is 19.9 Å². The van der Waals surface area contributed by atoms with Gasteiger partial charge in [0.1, 0.15) is 28.6 Å². The molecule has 1 aromatic heterocycles. The monoisotopic (exact) mass is 596 g/mol. The standard InChI is InChI=1S/C27H31ClF2N4O5S/c1-16(8-9-37-23-12-18(29)6-7-21(23)24-22(30)14-32-25(28)33-24)38-20-11-17(10-19(31)13-20)15-40(5,36)34-26(35)39-27(2,3)4/h6-7,10-14,16H,8-9,15,31H2,1-5H3. The maximum Gasteiger partial charge on any atom is 0.442 e. The molecule has 2 atom stereocenters. The quantitative estimate of drug-likeness (QED) is 0.221. The SMILES string of the molecule is CC(CCOc1cc(F)ccc1-c1nc(Cl)ncc1F)Oc1cc(N)cc(CS(C)(=O)=NC(=O)OC(C)(C)C)c1. The van der Waals surface area contributed by atoms with Crippen LogP contribution >= 0.6 is 11.6 Å². The number of nitrogens with two attached hydrogens (primary N) is 1. The molecule has 0 aliphatic carbocycles. The largest absolute Gasteiger partial charge is 0.493 e. The summed E-state index contributed by atoms with van der Waals surface area (Å²) in [4.78, 5) is 19.5. The number of anilines is 1. The van der Waals surface area contributed by atoms with E-state index in [1.807, 2.05) is 0 Å². The molecule has 40 heavy (non-hydrogen) atoms. The van der Waals surface area contributed by atoms with Crippen molar-refractivity contribution in [3.05, 3.63) is 65.1 Å². The molecule has 3 aromatic rings. The van der Waals surface area contributed by atoms with E-state index in [4.69, 9.17) is 31.5 Å². The van der Waals surface area contributed by atoms with Crippen LogP contribution in [0.4, 0.5) is 19.3 Å². The normalized spacial score (nSPS) is 13.7. The van der Waals surface area contributed by atoms with Gasteiger partial charge in [-0.15, -0.1) is 4.36 Å². The third kappa shape index (κ3) is 9.60. The first-order chi connectivity index (χ1) is 18.6. The highest BCUT2D eigenvalue weighted by atomic mass is 35.5. The zero-order chi connectivity index (χ0) is 29.7. The molecular formula is C27H31ClF2N4O5S. The van der Waals surface area contributed by atoms with Crippen molar-refractivity contribution in [2.45, 2.75) is 51.6 Å². The van der Waals surface area contributed by atoms with Crippen molar-refractivity contribution >= 4 is 33.1 Å². The number of nitrogens with zero attached hydrogens (tertiary/aromatic N) is 3. The predicted molar refractivity (Wildman–Crippen MR) is 150 cm³/mol. The van der Waals surface area contributed by atoms with Crippen molar-refractivity contribution in [1.29, 1.82) is 0 Å². The number of amides is 1. The number of hydrogen-bond donors (Lipinski definition) is 1. The molecule has 2 unspecified atom stereocenters. The van der Waals surface area contributed by atoms with Crippen LogP contribution in [-0.2, 0) is 20.2 Å². The number of rotatable bonds is 9. The number of aromatic nitrogens is 2. The lowest BCUT2D eigenvalue weighted by molar-refractivity contribution is 0.0607. The molecule has 13 heteroatoms. The molecule has 9 nitrogen and oxygen atoms in total. The second-order valence-corrected chi connectivity index (χ2v) is 12.9. The van der Waals surface area contributed by atoms with Crippen LogP contribution in [0.2, 0.25) is 5.28 Å². The van der Waals surface area contributed by atoms with E-state index in [0.717, 1.165) is 18.3 Å². The van der Waals surface area contributed by atoms with Crippen LogP contribution in [-0.4, -0.2) is 44.8 Å². The Bertz CT molecular complexity index is 1510. The Morgan fingerprint density at radius 1 is 1.20 bits per heavy atom. The summed E-state index contributed by atoms with van der Waals surface area (Å²) in [7, 11) is -2.95. The molecule has 0 aliphatic rings. The van der Waals surface area contributed by atoms with E-state index in [9.17, 15) is 17.8 Å². The van der Waals surface area contributed by atoms with E-state index >= 15 is 0 Å². The van der Waals surface area contributed by atoms with Gasteiger partial charge in [-0.1, -0.05) is 0 Å². The average Bonchev–Trinajstić information content (AvgIpc) is 2.78. The first-order valence-electron chi connectivity index (χ1n) is 12.2. The maximum atomic E-state index is 14.3. The molecule has 0 bridgehead atoms. The minimum absolute atomic E-state index is 0.0445. The fraction of sp³-hybridized carbons (Fsp3) is 0.370. The predicted octanol–water partition coefficient (Wildman–Crippen LogP) is 6.43. The summed E-state index contributed by atoms with van der Waals surface area (Å²) < 4.78 is 61.8. The Balaban J connectivity index is 1.66. The summed E-state index contributed by atoms with van der Waals surface area (Å²) >= 11 is 5.80. The van der Waals surface area contributed by atoms with Crippen LogP contribution in [0.25, 0.3) is 11.3 Å². The smallest absolute Gasteiger partial charge is 0.442 e. The Labute approximate surface area is 237 Å². The average molecular weight is 597 g/mol. The second kappa shape index (κ2) is 12.8. The summed E-state index contributed by atoms with van der Waals surface area (Å²) in [6.45, 7) is 6.97. The van der Waals surface area contributed by atoms with Gasteiger partial charge in [-0.05, 0) is 69.1 Å². The summed E-state index contributed by atoms with van der Waals surface area (Å²) in [5, 5.41) is -0.160. The van der Waals surface area contributed by atoms with Crippen LogP contribution in [0.5, 0.6) is 11.5 Å². The van der Waals surface area contributed by atoms with Gasteiger partial charge in [-0.3, -0.25) is 0 Å². The van der Waals surface area contributed by atoms with Gasteiger partial charge in [-0.2, -0.15) is 0 Å². The molecule has 1 amide bonds. The van der Waals surface area contributed by atoms with E-state index in [0.29, 0.717) is 23.4 Å². The van der Waals surface area contributed by atoms with E-state index in [2.05, 4.69) is 14.3 Å². The van der Waals surface area contributed by atoms with E-state index < -0.39 is 33.1 Å². The van der Waals surface area contributed by atoms with Crippen LogP contribution < -0.4 is 15.2 Å². The number of halogens is 3. The summed E-state index contributed by atoms with van der Waals surface area (Å²) in [5.41, 5.74) is 6.30. The third-order valence-corrected chi connectivity index (χ3v) is 6.70. The van der Waals surface area contributed by atoms with Gasteiger partial charge in [0, 0.05) is 36.1 Å². The van der Waals surface area contributed by atoms with E-state index in [1.54, 1.807) is 45.9 Å². The number of benzene rings is 2. The molecule has 0 radical (unpaired) electrons. The lowest BCUT2D eigenvalue weighted by Crippen LogP contribution is -2.22. The molecule has 216 valence electrons. The van der Waals surface area contributed by atoms with Crippen molar-refractivity contribution in [1.82, 2.24) is 9.97 Å². The molecule has 0 saturated carbocycles. The fourth-order valence-corrected chi connectivity index (χ4v) is 4.92. The number of carbonyl (C=O) groups is 1. The minimum atomic E-state index is -2.95. The lowest BCUT2D eigenvalue weighted by Gasteiger charge is -2.18. The molecule has 0 aliphatic heterocycles. The zero-order valence-corrected chi connectivity index (χ0v) is 24.3. The van der Waals surface area contributed by atoms with Crippen molar-refractivity contribution in [2.75, 3.05) is 18.6 Å². The zero-order valence-electron chi connectivity index (χ0n) is 22.7. The fourth-order valence-electron chi connectivity index (χ4n) is 3.59. The molecule has 2 aromatic carbocycles. The summed E-state index contributed by atoms with van der Waals surface area (Å²) in [5.74, 6) is -0.846. The number of carbonyl (C=O) groups excluding carboxylic acids is 1. The summed E-state index contributed by atoms with van der Waals surface area (Å²) in [6.07, 6.45) is 1.37. The van der Waals surface area contributed by atoms with Gasteiger partial charge in [0.05, 0.1) is 34.4 Å². The Morgan fingerprint density at radius 3 is 2.62 bits per heavy atom. The molecule has 2 N–H and O–H groups in total. The van der Waals surface area contributed by atoms with Gasteiger partial charge in [0.15, 0.2) is 5.82 Å². The van der Waals surface area contributed by atoms with Crippen LogP contribution in [0.15, 0.2) is 47.0 Å². The van der Waals surface area contributed by atoms with Gasteiger partial charge >= 0.3 is 6.09 Å².